The summed E-state index contributed by atoms with van der Waals surface area (Å²) < 4.78 is 20.1. The molecule has 1 spiro atoms. The van der Waals surface area contributed by atoms with Gasteiger partial charge in [-0.1, -0.05) is 72.8 Å². The standard InChI is InChI=1S/C41H47N5O4/c1-40(2,3)50-39(47)46-26-22-41(23-27-46)20-24-45(25-21-41)34-17-11-16-32-36(43-44(4)37(32)34)33-18-19-35(48-28-30-12-7-5-8-13-30)42-38(33)49-29-31-14-9-6-10-15-31/h5-19H,20-29H2,1-4H3. The first kappa shape index (κ1) is 33.4. The molecule has 0 N–H and O–H groups in total. The van der Waals surface area contributed by atoms with Gasteiger partial charge in [0.15, 0.2) is 0 Å². The number of carbonyl (C=O) groups is 1. The quantitative estimate of drug-likeness (QED) is 0.164. The van der Waals surface area contributed by atoms with Crippen LogP contribution in [0, 0.1) is 5.41 Å². The van der Waals surface area contributed by atoms with Gasteiger partial charge in [0.25, 0.3) is 0 Å². The van der Waals surface area contributed by atoms with Crippen LogP contribution in [0.1, 0.15) is 57.6 Å². The third kappa shape index (κ3) is 7.42. The number of hydrogen-bond donors (Lipinski definition) is 0. The van der Waals surface area contributed by atoms with Crippen molar-refractivity contribution in [1.82, 2.24) is 19.7 Å². The SMILES string of the molecule is Cn1nc(-c2ccc(OCc3ccccc3)nc2OCc2ccccc2)c2cccc(N3CCC4(CCN(C(=O)OC(C)(C)C)CC4)CC3)c21. The molecule has 260 valence electrons. The van der Waals surface area contributed by atoms with Crippen molar-refractivity contribution in [2.24, 2.45) is 12.5 Å². The van der Waals surface area contributed by atoms with Gasteiger partial charge in [-0.25, -0.2) is 4.79 Å². The summed E-state index contributed by atoms with van der Waals surface area (Å²) >= 11 is 0. The van der Waals surface area contributed by atoms with Crippen LogP contribution in [-0.4, -0.2) is 57.5 Å². The number of carbonyl (C=O) groups excluding carboxylic acids is 1. The van der Waals surface area contributed by atoms with Gasteiger partial charge in [-0.15, -0.1) is 0 Å². The van der Waals surface area contributed by atoms with E-state index in [-0.39, 0.29) is 11.5 Å². The molecule has 2 fully saturated rings. The number of likely N-dealkylation sites (tertiary alicyclic amines) is 1. The Bertz CT molecular complexity index is 1920. The number of anilines is 1. The highest BCUT2D eigenvalue weighted by Gasteiger charge is 2.40. The van der Waals surface area contributed by atoms with Crippen LogP contribution >= 0.6 is 0 Å². The van der Waals surface area contributed by atoms with E-state index in [1.807, 2.05) is 110 Å². The molecule has 0 saturated carbocycles. The second kappa shape index (κ2) is 14.1. The summed E-state index contributed by atoms with van der Waals surface area (Å²) in [6.45, 7) is 10.0. The van der Waals surface area contributed by atoms with Gasteiger partial charge in [0.05, 0.1) is 16.8 Å². The summed E-state index contributed by atoms with van der Waals surface area (Å²) in [5.41, 5.74) is 5.86. The lowest BCUT2D eigenvalue weighted by atomic mass is 9.71. The molecule has 7 rings (SSSR count). The Labute approximate surface area is 294 Å². The lowest BCUT2D eigenvalue weighted by molar-refractivity contribution is 0.00666. The highest BCUT2D eigenvalue weighted by Crippen LogP contribution is 2.44. The van der Waals surface area contributed by atoms with Crippen LogP contribution in [0.3, 0.4) is 0 Å². The number of hydrogen-bond acceptors (Lipinski definition) is 7. The molecule has 2 saturated heterocycles. The fourth-order valence-electron chi connectivity index (χ4n) is 7.23. The normalized spacial score (nSPS) is 16.1. The minimum Gasteiger partial charge on any atom is -0.473 e. The van der Waals surface area contributed by atoms with Crippen molar-refractivity contribution in [3.8, 4) is 23.0 Å². The monoisotopic (exact) mass is 673 g/mol. The molecule has 1 amide bonds. The number of pyridine rings is 1. The molecule has 3 aromatic carbocycles. The second-order valence-electron chi connectivity index (χ2n) is 14.7. The van der Waals surface area contributed by atoms with Crippen molar-refractivity contribution >= 4 is 22.7 Å². The Hall–Kier alpha value is -5.05. The number of rotatable bonds is 8. The first-order valence-corrected chi connectivity index (χ1v) is 17.7. The van der Waals surface area contributed by atoms with Gasteiger partial charge in [0, 0.05) is 44.7 Å². The Morgan fingerprint density at radius 2 is 1.38 bits per heavy atom. The number of amides is 1. The summed E-state index contributed by atoms with van der Waals surface area (Å²) in [5, 5.41) is 6.12. The van der Waals surface area contributed by atoms with Gasteiger partial charge in [-0.3, -0.25) is 4.68 Å². The Morgan fingerprint density at radius 3 is 2.02 bits per heavy atom. The van der Waals surface area contributed by atoms with E-state index in [0.29, 0.717) is 25.0 Å². The van der Waals surface area contributed by atoms with Crippen molar-refractivity contribution < 1.29 is 19.0 Å². The number of ether oxygens (including phenoxy) is 3. The zero-order chi connectivity index (χ0) is 34.7. The Kier molecular flexibility index (Phi) is 9.40. The number of aromatic nitrogens is 3. The molecular formula is C41H47N5O4. The summed E-state index contributed by atoms with van der Waals surface area (Å²) in [4.78, 5) is 21.9. The first-order chi connectivity index (χ1) is 24.2. The number of fused-ring (bicyclic) bond motifs is 1. The van der Waals surface area contributed by atoms with Crippen molar-refractivity contribution in [2.45, 2.75) is 65.3 Å². The Morgan fingerprint density at radius 1 is 0.760 bits per heavy atom. The van der Waals surface area contributed by atoms with E-state index in [4.69, 9.17) is 24.3 Å². The number of para-hydroxylation sites is 1. The zero-order valence-electron chi connectivity index (χ0n) is 29.6. The lowest BCUT2D eigenvalue weighted by Gasteiger charge is -2.47. The largest absolute Gasteiger partial charge is 0.473 e. The number of aryl methyl sites for hydroxylation is 1. The van der Waals surface area contributed by atoms with E-state index in [9.17, 15) is 4.79 Å². The van der Waals surface area contributed by atoms with Gasteiger partial charge in [0.1, 0.15) is 24.5 Å². The molecule has 0 aliphatic carbocycles. The van der Waals surface area contributed by atoms with E-state index in [1.165, 1.54) is 5.69 Å². The maximum absolute atomic E-state index is 12.7. The first-order valence-electron chi connectivity index (χ1n) is 17.7. The van der Waals surface area contributed by atoms with Crippen LogP contribution in [0.15, 0.2) is 91.0 Å². The predicted octanol–water partition coefficient (Wildman–Crippen LogP) is 8.41. The van der Waals surface area contributed by atoms with Crippen LogP contribution in [-0.2, 0) is 25.0 Å². The van der Waals surface area contributed by atoms with Gasteiger partial charge < -0.3 is 24.0 Å². The predicted molar refractivity (Wildman–Crippen MR) is 196 cm³/mol. The van der Waals surface area contributed by atoms with Crippen LogP contribution in [0.5, 0.6) is 11.8 Å². The van der Waals surface area contributed by atoms with E-state index in [2.05, 4.69) is 23.1 Å². The van der Waals surface area contributed by atoms with Crippen LogP contribution in [0.25, 0.3) is 22.2 Å². The molecule has 2 aliphatic rings. The molecule has 0 atom stereocenters. The Balaban J connectivity index is 1.11. The van der Waals surface area contributed by atoms with E-state index >= 15 is 0 Å². The fraction of sp³-hybridized carbons (Fsp3) is 0.390. The molecule has 2 aliphatic heterocycles. The van der Waals surface area contributed by atoms with Gasteiger partial charge in [-0.2, -0.15) is 10.1 Å². The van der Waals surface area contributed by atoms with Crippen molar-refractivity contribution in [3.63, 3.8) is 0 Å². The average molecular weight is 674 g/mol. The lowest BCUT2D eigenvalue weighted by Crippen LogP contribution is -2.49. The maximum Gasteiger partial charge on any atom is 0.410 e. The molecule has 50 heavy (non-hydrogen) atoms. The molecule has 0 radical (unpaired) electrons. The molecule has 5 aromatic rings. The third-order valence-electron chi connectivity index (χ3n) is 10.0. The van der Waals surface area contributed by atoms with E-state index in [0.717, 1.165) is 85.1 Å². The summed E-state index contributed by atoms with van der Waals surface area (Å²) in [6, 6.07) is 30.6. The van der Waals surface area contributed by atoms with Crippen LogP contribution in [0.2, 0.25) is 0 Å². The number of nitrogens with zero attached hydrogens (tertiary/aromatic N) is 5. The van der Waals surface area contributed by atoms with E-state index < -0.39 is 5.60 Å². The minimum absolute atomic E-state index is 0.193. The number of benzene rings is 3. The molecule has 2 aromatic heterocycles. The minimum atomic E-state index is -0.474. The third-order valence-corrected chi connectivity index (χ3v) is 10.0. The second-order valence-corrected chi connectivity index (χ2v) is 14.7. The number of piperidine rings is 2. The van der Waals surface area contributed by atoms with Gasteiger partial charge in [0.2, 0.25) is 11.8 Å². The molecular weight excluding hydrogens is 626 g/mol. The summed E-state index contributed by atoms with van der Waals surface area (Å²) in [6.07, 6.45) is 4.04. The molecule has 9 nitrogen and oxygen atoms in total. The summed E-state index contributed by atoms with van der Waals surface area (Å²) in [7, 11) is 2.02. The molecule has 0 unspecified atom stereocenters. The van der Waals surface area contributed by atoms with Crippen molar-refractivity contribution in [3.05, 3.63) is 102 Å². The van der Waals surface area contributed by atoms with Gasteiger partial charge >= 0.3 is 6.09 Å². The van der Waals surface area contributed by atoms with Crippen molar-refractivity contribution in [1.29, 1.82) is 0 Å². The van der Waals surface area contributed by atoms with Crippen LogP contribution in [0.4, 0.5) is 10.5 Å². The highest BCUT2D eigenvalue weighted by molar-refractivity contribution is 6.01. The summed E-state index contributed by atoms with van der Waals surface area (Å²) in [5.74, 6) is 0.989. The molecule has 9 heteroatoms. The fourth-order valence-corrected chi connectivity index (χ4v) is 7.23. The molecule has 0 bridgehead atoms. The maximum atomic E-state index is 12.7. The highest BCUT2D eigenvalue weighted by atomic mass is 16.6. The molecule has 4 heterocycles. The van der Waals surface area contributed by atoms with E-state index in [1.54, 1.807) is 0 Å². The zero-order valence-corrected chi connectivity index (χ0v) is 29.6. The van der Waals surface area contributed by atoms with Gasteiger partial charge in [-0.05, 0) is 75.1 Å². The smallest absolute Gasteiger partial charge is 0.410 e. The van der Waals surface area contributed by atoms with Crippen molar-refractivity contribution in [2.75, 3.05) is 31.1 Å². The van der Waals surface area contributed by atoms with Crippen LogP contribution < -0.4 is 14.4 Å². The average Bonchev–Trinajstić information content (AvgIpc) is 3.47. The topological polar surface area (TPSA) is 82.0 Å².